The van der Waals surface area contributed by atoms with Gasteiger partial charge in [0.15, 0.2) is 0 Å². The van der Waals surface area contributed by atoms with Crippen LogP contribution in [0.25, 0.3) is 61.0 Å². The van der Waals surface area contributed by atoms with Gasteiger partial charge < -0.3 is 9.73 Å². The topological polar surface area (TPSA) is 135 Å². The second-order valence-corrected chi connectivity index (χ2v) is 14.4. The van der Waals surface area contributed by atoms with Gasteiger partial charge in [0.25, 0.3) is 5.91 Å². The number of nitrogens with zero attached hydrogens (tertiary/aromatic N) is 5. The van der Waals surface area contributed by atoms with Crippen molar-refractivity contribution in [2.24, 2.45) is 0 Å². The first-order valence-corrected chi connectivity index (χ1v) is 17.7. The summed E-state index contributed by atoms with van der Waals surface area (Å²) in [6.45, 7) is 4.31. The molecule has 5 aromatic heterocycles. The number of aryl methyl sites for hydroxylation is 1. The van der Waals surface area contributed by atoms with Gasteiger partial charge in [-0.05, 0) is 62.4 Å². The number of hydrogen-bond acceptors (Lipinski definition) is 8. The maximum absolute atomic E-state index is 15.1. The van der Waals surface area contributed by atoms with Crippen LogP contribution < -0.4 is 10.0 Å². The van der Waals surface area contributed by atoms with Crippen LogP contribution in [0.3, 0.4) is 0 Å². The number of likely N-dealkylation sites (tertiary alicyclic amines) is 1. The molecule has 8 rings (SSSR count). The first-order valence-electron chi connectivity index (χ1n) is 16.1. The van der Waals surface area contributed by atoms with Crippen LogP contribution in [0.15, 0.2) is 71.3 Å². The average Bonchev–Trinajstić information content (AvgIpc) is 3.67. The Hall–Kier alpha value is -5.47. The number of carbonyl (C=O) groups is 1. The number of sulfonamides is 1. The van der Waals surface area contributed by atoms with E-state index >= 15 is 4.39 Å². The Morgan fingerprint density at radius 1 is 1.04 bits per heavy atom. The van der Waals surface area contributed by atoms with Gasteiger partial charge in [0.05, 0.1) is 45.8 Å². The minimum absolute atomic E-state index is 0.187. The second-order valence-electron chi connectivity index (χ2n) is 12.4. The van der Waals surface area contributed by atoms with Crippen LogP contribution in [0.5, 0.6) is 0 Å². The van der Waals surface area contributed by atoms with E-state index in [1.54, 1.807) is 60.8 Å². The monoisotopic (exact) mass is 695 g/mol. The summed E-state index contributed by atoms with van der Waals surface area (Å²) in [5.41, 5.74) is 5.01. The minimum atomic E-state index is -3.77. The summed E-state index contributed by atoms with van der Waals surface area (Å²) < 4.78 is 65.5. The van der Waals surface area contributed by atoms with Crippen LogP contribution in [0.4, 0.5) is 14.5 Å². The van der Waals surface area contributed by atoms with Crippen molar-refractivity contribution < 1.29 is 26.4 Å². The number of aromatic nitrogens is 4. The lowest BCUT2D eigenvalue weighted by Gasteiger charge is -2.34. The van der Waals surface area contributed by atoms with E-state index in [2.05, 4.69) is 15.0 Å². The molecule has 0 aliphatic carbocycles. The fourth-order valence-corrected chi connectivity index (χ4v) is 7.14. The highest BCUT2D eigenvalue weighted by Crippen LogP contribution is 2.40. The van der Waals surface area contributed by atoms with E-state index in [0.717, 1.165) is 5.69 Å². The third kappa shape index (κ3) is 5.31. The maximum Gasteiger partial charge on any atom is 0.255 e. The van der Waals surface area contributed by atoms with Crippen LogP contribution >= 0.6 is 0 Å². The SMILES string of the molecule is CCS(=O)(=O)Nc1cc2oc(-c3ccc(C)nc3)c(C(=O)NC)c2cc1-c1ccc2nc(CN3CC(F)C3)n3c4cccc(F)c4cc3c2n1. The van der Waals surface area contributed by atoms with Gasteiger partial charge in [-0.15, -0.1) is 0 Å². The number of hydrogen-bond donors (Lipinski definition) is 2. The second kappa shape index (κ2) is 11.8. The van der Waals surface area contributed by atoms with Gasteiger partial charge >= 0.3 is 0 Å². The molecule has 2 N–H and O–H groups in total. The van der Waals surface area contributed by atoms with Crippen molar-refractivity contribution in [3.05, 3.63) is 89.8 Å². The molecule has 1 aliphatic rings. The van der Waals surface area contributed by atoms with E-state index in [1.807, 2.05) is 16.2 Å². The van der Waals surface area contributed by atoms with Crippen molar-refractivity contribution in [2.45, 2.75) is 26.6 Å². The van der Waals surface area contributed by atoms with Crippen LogP contribution in [-0.2, 0) is 16.6 Å². The molecular formula is C36H31F2N7O4S. The van der Waals surface area contributed by atoms with Gasteiger partial charge in [-0.3, -0.25) is 23.8 Å². The number of amides is 1. The Morgan fingerprint density at radius 3 is 2.58 bits per heavy atom. The third-order valence-electron chi connectivity index (χ3n) is 9.07. The zero-order valence-electron chi connectivity index (χ0n) is 27.3. The molecule has 1 fully saturated rings. The summed E-state index contributed by atoms with van der Waals surface area (Å²) in [6, 6.07) is 16.8. The number of anilines is 1. The number of fused-ring (bicyclic) bond motifs is 6. The van der Waals surface area contributed by atoms with Gasteiger partial charge in [0.1, 0.15) is 34.7 Å². The molecule has 50 heavy (non-hydrogen) atoms. The lowest BCUT2D eigenvalue weighted by atomic mass is 10.0. The zero-order chi connectivity index (χ0) is 34.9. The lowest BCUT2D eigenvalue weighted by Crippen LogP contribution is -2.47. The number of pyridine rings is 2. The normalized spacial score (nSPS) is 14.2. The quantitative estimate of drug-likeness (QED) is 0.191. The molecule has 0 unspecified atom stereocenters. The van der Waals surface area contributed by atoms with Crippen molar-refractivity contribution in [3.8, 4) is 22.6 Å². The van der Waals surface area contributed by atoms with Crippen molar-refractivity contribution >= 4 is 60.0 Å². The maximum atomic E-state index is 15.1. The molecule has 7 aromatic rings. The molecule has 0 atom stereocenters. The molecule has 1 amide bonds. The van der Waals surface area contributed by atoms with E-state index in [9.17, 15) is 17.6 Å². The number of halogens is 2. The Labute approximate surface area is 285 Å². The number of nitrogens with one attached hydrogen (secondary N) is 2. The van der Waals surface area contributed by atoms with Gasteiger partial charge in [-0.25, -0.2) is 27.2 Å². The molecule has 0 bridgehead atoms. The Morgan fingerprint density at radius 2 is 1.86 bits per heavy atom. The predicted molar refractivity (Wildman–Crippen MR) is 188 cm³/mol. The van der Waals surface area contributed by atoms with E-state index < -0.39 is 27.9 Å². The van der Waals surface area contributed by atoms with Crippen LogP contribution in [0, 0.1) is 12.7 Å². The Kier molecular flexibility index (Phi) is 7.53. The summed E-state index contributed by atoms with van der Waals surface area (Å²) in [5, 5.41) is 3.50. The summed E-state index contributed by atoms with van der Waals surface area (Å²) in [6.07, 6.45) is 0.718. The minimum Gasteiger partial charge on any atom is -0.455 e. The molecule has 11 nitrogen and oxygen atoms in total. The largest absolute Gasteiger partial charge is 0.455 e. The molecular weight excluding hydrogens is 665 g/mol. The molecule has 0 radical (unpaired) electrons. The average molecular weight is 696 g/mol. The highest BCUT2D eigenvalue weighted by molar-refractivity contribution is 7.92. The number of furan rings is 1. The van der Waals surface area contributed by atoms with Crippen LogP contribution in [0.2, 0.25) is 0 Å². The fourth-order valence-electron chi connectivity index (χ4n) is 6.49. The summed E-state index contributed by atoms with van der Waals surface area (Å²) in [7, 11) is -2.25. The first-order chi connectivity index (χ1) is 24.0. The molecule has 2 aromatic carbocycles. The molecule has 14 heteroatoms. The van der Waals surface area contributed by atoms with Crippen molar-refractivity contribution in [3.63, 3.8) is 0 Å². The van der Waals surface area contributed by atoms with Crippen molar-refractivity contribution in [1.29, 1.82) is 0 Å². The molecule has 1 saturated heterocycles. The van der Waals surface area contributed by atoms with Gasteiger partial charge in [0.2, 0.25) is 10.0 Å². The number of rotatable bonds is 8. The van der Waals surface area contributed by atoms with Gasteiger partial charge in [0, 0.05) is 60.0 Å². The lowest BCUT2D eigenvalue weighted by molar-refractivity contribution is 0.0567. The van der Waals surface area contributed by atoms with Crippen LogP contribution in [0.1, 0.15) is 28.8 Å². The molecule has 0 spiro atoms. The number of benzene rings is 2. The number of carbonyl (C=O) groups excluding carboxylic acids is 1. The molecule has 6 heterocycles. The van der Waals surface area contributed by atoms with Crippen molar-refractivity contribution in [2.75, 3.05) is 30.6 Å². The predicted octanol–water partition coefficient (Wildman–Crippen LogP) is 6.23. The van der Waals surface area contributed by atoms with Crippen LogP contribution in [-0.4, -0.2) is 70.6 Å². The number of alkyl halides is 1. The fraction of sp³-hybridized carbons (Fsp3) is 0.222. The van der Waals surface area contributed by atoms with E-state index in [1.165, 1.54) is 20.0 Å². The van der Waals surface area contributed by atoms with E-state index in [-0.39, 0.29) is 28.3 Å². The van der Waals surface area contributed by atoms with E-state index in [0.29, 0.717) is 75.1 Å². The van der Waals surface area contributed by atoms with E-state index in [4.69, 9.17) is 14.4 Å². The highest BCUT2D eigenvalue weighted by atomic mass is 32.2. The zero-order valence-corrected chi connectivity index (χ0v) is 28.1. The summed E-state index contributed by atoms with van der Waals surface area (Å²) in [4.78, 5) is 29.6. The molecule has 1 aliphatic heterocycles. The Bertz CT molecular complexity index is 2610. The summed E-state index contributed by atoms with van der Waals surface area (Å²) in [5.74, 6) is -0.106. The highest BCUT2D eigenvalue weighted by Gasteiger charge is 2.29. The third-order valence-corrected chi connectivity index (χ3v) is 10.4. The Balaban J connectivity index is 1.38. The summed E-state index contributed by atoms with van der Waals surface area (Å²) >= 11 is 0. The van der Waals surface area contributed by atoms with Crippen molar-refractivity contribution in [1.82, 2.24) is 29.6 Å². The van der Waals surface area contributed by atoms with Gasteiger partial charge in [-0.2, -0.15) is 0 Å². The smallest absolute Gasteiger partial charge is 0.255 e. The molecule has 254 valence electrons. The molecule has 0 saturated carbocycles. The first kappa shape index (κ1) is 31.8. The van der Waals surface area contributed by atoms with Gasteiger partial charge in [-0.1, -0.05) is 6.07 Å². The standard InChI is InChI=1S/C36H31F2N7O4S/c1-4-50(47,48)43-28-14-31-24(33(36(46)39-3)35(49-31)20-9-8-19(2)40-15-20)12-23(28)26-10-11-27-34(42-26)30-13-22-25(38)6-5-7-29(22)45(30)32(41-27)18-44-16-21(37)17-44/h5-15,21,43H,4,16-18H2,1-3H3,(H,39,46).